The Hall–Kier alpha value is -2.57. The van der Waals surface area contributed by atoms with E-state index in [2.05, 4.69) is 5.32 Å². The van der Waals surface area contributed by atoms with Crippen LogP contribution in [0.1, 0.15) is 16.8 Å². The van der Waals surface area contributed by atoms with Crippen LogP contribution in [0.5, 0.6) is 0 Å². The predicted molar refractivity (Wildman–Crippen MR) is 94.4 cm³/mol. The largest absolute Gasteiger partial charge is 0.478 e. The van der Waals surface area contributed by atoms with Crippen molar-refractivity contribution >= 4 is 52.4 Å². The van der Waals surface area contributed by atoms with Gasteiger partial charge < -0.3 is 10.4 Å². The molecule has 1 unspecified atom stereocenters. The van der Waals surface area contributed by atoms with Gasteiger partial charge in [-0.2, -0.15) is 0 Å². The van der Waals surface area contributed by atoms with E-state index in [1.165, 1.54) is 24.3 Å². The van der Waals surface area contributed by atoms with Crippen LogP contribution in [0.15, 0.2) is 42.5 Å². The van der Waals surface area contributed by atoms with Crippen LogP contribution in [0.25, 0.3) is 0 Å². The van der Waals surface area contributed by atoms with Crippen molar-refractivity contribution in [1.29, 1.82) is 0 Å². The van der Waals surface area contributed by atoms with Gasteiger partial charge in [0, 0.05) is 0 Å². The molecule has 2 N–H and O–H groups in total. The Labute approximate surface area is 153 Å². The van der Waals surface area contributed by atoms with Gasteiger partial charge in [0.2, 0.25) is 5.91 Å². The van der Waals surface area contributed by atoms with E-state index >= 15 is 0 Å². The second-order valence-electron chi connectivity index (χ2n) is 5.43. The maximum Gasteiger partial charge on any atom is 0.335 e. The Morgan fingerprint density at radius 2 is 1.88 bits per heavy atom. The number of carboxylic acids is 1. The van der Waals surface area contributed by atoms with Crippen LogP contribution >= 0.6 is 23.2 Å². The van der Waals surface area contributed by atoms with Gasteiger partial charge >= 0.3 is 5.97 Å². The first-order valence-electron chi connectivity index (χ1n) is 7.29. The van der Waals surface area contributed by atoms with Crippen molar-refractivity contribution in [3.63, 3.8) is 0 Å². The lowest BCUT2D eigenvalue weighted by Crippen LogP contribution is -2.35. The summed E-state index contributed by atoms with van der Waals surface area (Å²) in [6.07, 6.45) is -0.0705. The Morgan fingerprint density at radius 3 is 2.60 bits per heavy atom. The van der Waals surface area contributed by atoms with Crippen molar-refractivity contribution in [3.8, 4) is 0 Å². The number of rotatable bonds is 4. The number of benzene rings is 2. The van der Waals surface area contributed by atoms with Crippen LogP contribution in [0.4, 0.5) is 11.4 Å². The standard InChI is InChI=1S/C17H12Cl2N2O4/c18-11-5-2-6-12(15(11)19)20-13-8-14(22)21(16(13)23)10-4-1-3-9(7-10)17(24)25/h1-7,13,20H,8H2,(H,24,25). The third kappa shape index (κ3) is 3.31. The molecule has 0 aliphatic carbocycles. The molecule has 6 nitrogen and oxygen atoms in total. The van der Waals surface area contributed by atoms with Gasteiger partial charge in [-0.1, -0.05) is 35.3 Å². The third-order valence-corrected chi connectivity index (χ3v) is 4.60. The van der Waals surface area contributed by atoms with Gasteiger partial charge in [0.1, 0.15) is 6.04 Å². The van der Waals surface area contributed by atoms with Gasteiger partial charge in [0.05, 0.1) is 33.4 Å². The number of carbonyl (C=O) groups is 3. The fourth-order valence-corrected chi connectivity index (χ4v) is 2.95. The molecular weight excluding hydrogens is 367 g/mol. The van der Waals surface area contributed by atoms with E-state index in [1.54, 1.807) is 18.2 Å². The zero-order valence-corrected chi connectivity index (χ0v) is 14.2. The molecule has 0 aromatic heterocycles. The number of aromatic carboxylic acids is 1. The number of nitrogens with zero attached hydrogens (tertiary/aromatic N) is 1. The topological polar surface area (TPSA) is 86.7 Å². The Balaban J connectivity index is 1.86. The normalized spacial score (nSPS) is 17.0. The molecule has 2 aromatic rings. The van der Waals surface area contributed by atoms with Crippen LogP contribution in [0.3, 0.4) is 0 Å². The smallest absolute Gasteiger partial charge is 0.335 e. The SMILES string of the molecule is O=C(O)c1cccc(N2C(=O)CC(Nc3cccc(Cl)c3Cl)C2=O)c1. The summed E-state index contributed by atoms with van der Waals surface area (Å²) in [5.41, 5.74) is 0.658. The lowest BCUT2D eigenvalue weighted by molar-refractivity contribution is -0.121. The zero-order valence-electron chi connectivity index (χ0n) is 12.7. The zero-order chi connectivity index (χ0) is 18.1. The van der Waals surface area contributed by atoms with Gasteiger partial charge in [-0.25, -0.2) is 9.69 Å². The van der Waals surface area contributed by atoms with Gasteiger partial charge in [-0.3, -0.25) is 9.59 Å². The first kappa shape index (κ1) is 17.3. The summed E-state index contributed by atoms with van der Waals surface area (Å²) in [6.45, 7) is 0. The van der Waals surface area contributed by atoms with E-state index in [9.17, 15) is 14.4 Å². The van der Waals surface area contributed by atoms with Gasteiger partial charge in [0.15, 0.2) is 0 Å². The molecule has 3 rings (SSSR count). The highest BCUT2D eigenvalue weighted by atomic mass is 35.5. The molecule has 0 saturated carbocycles. The number of hydrogen-bond acceptors (Lipinski definition) is 4. The summed E-state index contributed by atoms with van der Waals surface area (Å²) in [5, 5.41) is 12.6. The van der Waals surface area contributed by atoms with Crippen LogP contribution in [-0.4, -0.2) is 28.9 Å². The van der Waals surface area contributed by atoms with Crippen molar-refractivity contribution in [2.75, 3.05) is 10.2 Å². The van der Waals surface area contributed by atoms with E-state index in [0.717, 1.165) is 4.90 Å². The average Bonchev–Trinajstić information content (AvgIpc) is 2.86. The highest BCUT2D eigenvalue weighted by molar-refractivity contribution is 6.43. The van der Waals surface area contributed by atoms with Crippen LogP contribution in [0, 0.1) is 0 Å². The minimum atomic E-state index is -1.14. The predicted octanol–water partition coefficient (Wildman–Crippen LogP) is 3.44. The van der Waals surface area contributed by atoms with Gasteiger partial charge in [0.25, 0.3) is 5.91 Å². The Bertz CT molecular complexity index is 885. The molecule has 1 saturated heterocycles. The summed E-state index contributed by atoms with van der Waals surface area (Å²) in [4.78, 5) is 36.9. The fourth-order valence-electron chi connectivity index (χ4n) is 2.60. The first-order chi connectivity index (χ1) is 11.9. The van der Waals surface area contributed by atoms with Gasteiger partial charge in [-0.15, -0.1) is 0 Å². The molecule has 8 heteroatoms. The molecular formula is C17H12Cl2N2O4. The fraction of sp³-hybridized carbons (Fsp3) is 0.118. The van der Waals surface area contributed by atoms with Crippen LogP contribution in [-0.2, 0) is 9.59 Å². The van der Waals surface area contributed by atoms with E-state index in [4.69, 9.17) is 28.3 Å². The van der Waals surface area contributed by atoms with E-state index in [0.29, 0.717) is 10.7 Å². The van der Waals surface area contributed by atoms with E-state index in [-0.39, 0.29) is 22.7 Å². The third-order valence-electron chi connectivity index (χ3n) is 3.78. The quantitative estimate of drug-likeness (QED) is 0.795. The Kier molecular flexibility index (Phi) is 4.65. The first-order valence-corrected chi connectivity index (χ1v) is 8.05. The number of nitrogens with one attached hydrogen (secondary N) is 1. The number of hydrogen-bond donors (Lipinski definition) is 2. The number of carboxylic acid groups (broad SMARTS) is 1. The molecule has 1 heterocycles. The number of amides is 2. The molecule has 0 bridgehead atoms. The van der Waals surface area contributed by atoms with Crippen molar-refractivity contribution in [2.24, 2.45) is 0 Å². The average molecular weight is 379 g/mol. The number of halogens is 2. The highest BCUT2D eigenvalue weighted by Crippen LogP contribution is 2.32. The van der Waals surface area contributed by atoms with Crippen molar-refractivity contribution < 1.29 is 19.5 Å². The van der Waals surface area contributed by atoms with E-state index < -0.39 is 23.8 Å². The maximum atomic E-state index is 12.6. The summed E-state index contributed by atoms with van der Waals surface area (Å²) in [5.74, 6) is -2.05. The Morgan fingerprint density at radius 1 is 1.16 bits per heavy atom. The molecule has 1 aliphatic heterocycles. The summed E-state index contributed by atoms with van der Waals surface area (Å²) in [7, 11) is 0. The second-order valence-corrected chi connectivity index (χ2v) is 6.21. The lowest BCUT2D eigenvalue weighted by atomic mass is 10.2. The number of anilines is 2. The molecule has 128 valence electrons. The van der Waals surface area contributed by atoms with Crippen molar-refractivity contribution in [1.82, 2.24) is 0 Å². The molecule has 2 aromatic carbocycles. The second kappa shape index (κ2) is 6.74. The maximum absolute atomic E-state index is 12.6. The number of imide groups is 1. The molecule has 2 amide bonds. The molecule has 0 radical (unpaired) electrons. The monoisotopic (exact) mass is 378 g/mol. The molecule has 25 heavy (non-hydrogen) atoms. The molecule has 1 aliphatic rings. The highest BCUT2D eigenvalue weighted by Gasteiger charge is 2.40. The molecule has 1 atom stereocenters. The van der Waals surface area contributed by atoms with E-state index in [1.807, 2.05) is 0 Å². The summed E-state index contributed by atoms with van der Waals surface area (Å²) in [6, 6.07) is 9.79. The number of carbonyl (C=O) groups excluding carboxylic acids is 2. The van der Waals surface area contributed by atoms with Gasteiger partial charge in [-0.05, 0) is 30.3 Å². The van der Waals surface area contributed by atoms with Crippen molar-refractivity contribution in [3.05, 3.63) is 58.1 Å². The molecule has 1 fully saturated rings. The minimum Gasteiger partial charge on any atom is -0.478 e. The minimum absolute atomic E-state index is 0.00704. The summed E-state index contributed by atoms with van der Waals surface area (Å²) < 4.78 is 0. The molecule has 0 spiro atoms. The van der Waals surface area contributed by atoms with Crippen LogP contribution < -0.4 is 10.2 Å². The van der Waals surface area contributed by atoms with Crippen molar-refractivity contribution in [2.45, 2.75) is 12.5 Å². The van der Waals surface area contributed by atoms with Crippen LogP contribution in [0.2, 0.25) is 10.0 Å². The summed E-state index contributed by atoms with van der Waals surface area (Å²) >= 11 is 12.0. The lowest BCUT2D eigenvalue weighted by Gasteiger charge is -2.17.